The quantitative estimate of drug-likeness (QED) is 0.622. The van der Waals surface area contributed by atoms with E-state index >= 15 is 0 Å². The average Bonchev–Trinajstić information content (AvgIpc) is 3.11. The number of hydrogen-bond donors (Lipinski definition) is 0. The van der Waals surface area contributed by atoms with Gasteiger partial charge in [-0.3, -0.25) is 4.68 Å². The number of aromatic nitrogens is 2. The lowest BCUT2D eigenvalue weighted by molar-refractivity contribution is 0.0203. The van der Waals surface area contributed by atoms with Gasteiger partial charge in [-0.25, -0.2) is 9.18 Å². The zero-order valence-electron chi connectivity index (χ0n) is 19.1. The van der Waals surface area contributed by atoms with Gasteiger partial charge in [0.2, 0.25) is 0 Å². The van der Waals surface area contributed by atoms with Crippen molar-refractivity contribution in [3.05, 3.63) is 47.3 Å². The highest BCUT2D eigenvalue weighted by Crippen LogP contribution is 2.30. The van der Waals surface area contributed by atoms with Crippen LogP contribution < -0.4 is 4.74 Å². The molecule has 0 N–H and O–H groups in total. The minimum Gasteiger partial charge on any atom is -0.494 e. The lowest BCUT2D eigenvalue weighted by Gasteiger charge is -2.33. The monoisotopic (exact) mass is 431 g/mol. The van der Waals surface area contributed by atoms with Crippen LogP contribution >= 0.6 is 0 Å². The molecule has 6 nitrogen and oxygen atoms in total. The van der Waals surface area contributed by atoms with Gasteiger partial charge in [-0.1, -0.05) is 12.1 Å². The van der Waals surface area contributed by atoms with Crippen molar-refractivity contribution in [2.75, 3.05) is 26.4 Å². The smallest absolute Gasteiger partial charge is 0.410 e. The van der Waals surface area contributed by atoms with Crippen LogP contribution in [0.1, 0.15) is 63.4 Å². The van der Waals surface area contributed by atoms with Crippen molar-refractivity contribution in [2.45, 2.75) is 65.0 Å². The summed E-state index contributed by atoms with van der Waals surface area (Å²) in [7, 11) is 0. The topological polar surface area (TPSA) is 56.6 Å². The third-order valence-corrected chi connectivity index (χ3v) is 5.34. The second-order valence-corrected chi connectivity index (χ2v) is 8.97. The summed E-state index contributed by atoms with van der Waals surface area (Å²) in [4.78, 5) is 14.1. The third kappa shape index (κ3) is 6.45. The second-order valence-electron chi connectivity index (χ2n) is 8.97. The summed E-state index contributed by atoms with van der Waals surface area (Å²) in [5, 5.41) is 4.67. The third-order valence-electron chi connectivity index (χ3n) is 5.34. The largest absolute Gasteiger partial charge is 0.494 e. The molecule has 1 aliphatic rings. The average molecular weight is 432 g/mol. The molecule has 1 aromatic heterocycles. The minimum absolute atomic E-state index is 0.255. The summed E-state index contributed by atoms with van der Waals surface area (Å²) in [6.45, 7) is 9.30. The fraction of sp³-hybridized carbons (Fsp3) is 0.583. The lowest BCUT2D eigenvalue weighted by atomic mass is 9.93. The summed E-state index contributed by atoms with van der Waals surface area (Å²) in [5.74, 6) is 1.11. The fourth-order valence-corrected chi connectivity index (χ4v) is 3.92. The number of carbonyl (C=O) groups excluding carboxylic acids is 1. The van der Waals surface area contributed by atoms with Gasteiger partial charge < -0.3 is 14.4 Å². The first kappa shape index (κ1) is 23.1. The SMILES string of the molecule is CCOc1ccc(Cc2cc(C3CCN(C(=O)OC(C)(C)C)CC3)n(CCF)n2)cc1. The van der Waals surface area contributed by atoms with E-state index in [0.29, 0.717) is 26.1 Å². The van der Waals surface area contributed by atoms with Gasteiger partial charge in [-0.2, -0.15) is 5.10 Å². The van der Waals surface area contributed by atoms with Crippen LogP contribution in [0.5, 0.6) is 5.75 Å². The predicted molar refractivity (Wildman–Crippen MR) is 118 cm³/mol. The number of carbonyl (C=O) groups is 1. The van der Waals surface area contributed by atoms with Crippen LogP contribution in [0.3, 0.4) is 0 Å². The van der Waals surface area contributed by atoms with E-state index in [4.69, 9.17) is 9.47 Å². The first-order chi connectivity index (χ1) is 14.8. The summed E-state index contributed by atoms with van der Waals surface area (Å²) in [6.07, 6.45) is 2.06. The van der Waals surface area contributed by atoms with E-state index in [1.165, 1.54) is 0 Å². The Balaban J connectivity index is 1.66. The maximum absolute atomic E-state index is 13.2. The molecule has 0 unspecified atom stereocenters. The van der Waals surface area contributed by atoms with E-state index in [0.717, 1.165) is 35.5 Å². The fourth-order valence-electron chi connectivity index (χ4n) is 3.92. The number of nitrogens with zero attached hydrogens (tertiary/aromatic N) is 3. The first-order valence-corrected chi connectivity index (χ1v) is 11.1. The molecule has 0 radical (unpaired) electrons. The molecule has 0 aliphatic carbocycles. The highest BCUT2D eigenvalue weighted by molar-refractivity contribution is 5.68. The lowest BCUT2D eigenvalue weighted by Crippen LogP contribution is -2.41. The van der Waals surface area contributed by atoms with E-state index in [1.807, 2.05) is 52.0 Å². The Labute approximate surface area is 184 Å². The number of piperidine rings is 1. The van der Waals surface area contributed by atoms with E-state index in [2.05, 4.69) is 11.2 Å². The van der Waals surface area contributed by atoms with Crippen LogP contribution in [0.2, 0.25) is 0 Å². The molecule has 0 atom stereocenters. The number of rotatable bonds is 7. The van der Waals surface area contributed by atoms with Gasteiger partial charge in [-0.05, 0) is 64.3 Å². The van der Waals surface area contributed by atoms with Crippen LogP contribution in [0.15, 0.2) is 30.3 Å². The standard InChI is InChI=1S/C24H34FN3O3/c1-5-30-21-8-6-18(7-9-21)16-20-17-22(28(26-20)15-12-25)19-10-13-27(14-11-19)23(29)31-24(2,3)4/h6-9,17,19H,5,10-16H2,1-4H3. The van der Waals surface area contributed by atoms with Crippen molar-refractivity contribution in [3.8, 4) is 5.75 Å². The molecule has 0 bridgehead atoms. The van der Waals surface area contributed by atoms with Crippen LogP contribution in [-0.2, 0) is 17.7 Å². The number of ether oxygens (including phenoxy) is 2. The molecule has 2 aromatic rings. The van der Waals surface area contributed by atoms with Crippen LogP contribution in [0.25, 0.3) is 0 Å². The van der Waals surface area contributed by atoms with Crippen molar-refractivity contribution < 1.29 is 18.7 Å². The van der Waals surface area contributed by atoms with E-state index in [-0.39, 0.29) is 18.6 Å². The number of alkyl halides is 1. The zero-order chi connectivity index (χ0) is 22.4. The van der Waals surface area contributed by atoms with Gasteiger partial charge in [0.1, 0.15) is 18.0 Å². The molecular formula is C24H34FN3O3. The Kier molecular flexibility index (Phi) is 7.57. The zero-order valence-corrected chi connectivity index (χ0v) is 19.1. The molecule has 2 heterocycles. The summed E-state index contributed by atoms with van der Waals surface area (Å²) in [5.41, 5.74) is 2.63. The Hall–Kier alpha value is -2.57. The molecule has 1 fully saturated rings. The highest BCUT2D eigenvalue weighted by Gasteiger charge is 2.29. The molecule has 3 rings (SSSR count). The number of aryl methyl sites for hydroxylation is 1. The van der Waals surface area contributed by atoms with Crippen molar-refractivity contribution in [2.24, 2.45) is 0 Å². The Morgan fingerprint density at radius 3 is 2.45 bits per heavy atom. The Morgan fingerprint density at radius 2 is 1.87 bits per heavy atom. The Bertz CT molecular complexity index is 850. The molecule has 0 saturated carbocycles. The van der Waals surface area contributed by atoms with Crippen LogP contribution in [-0.4, -0.2) is 52.7 Å². The van der Waals surface area contributed by atoms with Gasteiger partial charge >= 0.3 is 6.09 Å². The molecular weight excluding hydrogens is 397 g/mol. The van der Waals surface area contributed by atoms with Gasteiger partial charge in [0, 0.05) is 31.1 Å². The maximum atomic E-state index is 13.2. The molecule has 7 heteroatoms. The minimum atomic E-state index is -0.497. The Morgan fingerprint density at radius 1 is 1.19 bits per heavy atom. The second kappa shape index (κ2) is 10.2. The number of benzene rings is 1. The van der Waals surface area contributed by atoms with Crippen molar-refractivity contribution in [3.63, 3.8) is 0 Å². The van der Waals surface area contributed by atoms with Gasteiger partial charge in [0.25, 0.3) is 0 Å². The van der Waals surface area contributed by atoms with Crippen LogP contribution in [0.4, 0.5) is 9.18 Å². The molecule has 0 spiro atoms. The molecule has 1 aromatic carbocycles. The van der Waals surface area contributed by atoms with E-state index < -0.39 is 12.3 Å². The molecule has 1 aliphatic heterocycles. The summed E-state index contributed by atoms with van der Waals surface area (Å²) < 4.78 is 25.9. The first-order valence-electron chi connectivity index (χ1n) is 11.1. The normalized spacial score (nSPS) is 15.2. The van der Waals surface area contributed by atoms with E-state index in [1.54, 1.807) is 9.58 Å². The van der Waals surface area contributed by atoms with Gasteiger partial charge in [0.05, 0.1) is 18.8 Å². The van der Waals surface area contributed by atoms with Gasteiger partial charge in [-0.15, -0.1) is 0 Å². The van der Waals surface area contributed by atoms with Crippen molar-refractivity contribution in [1.29, 1.82) is 0 Å². The maximum Gasteiger partial charge on any atom is 0.410 e. The molecule has 1 amide bonds. The predicted octanol–water partition coefficient (Wildman–Crippen LogP) is 4.96. The van der Waals surface area contributed by atoms with E-state index in [9.17, 15) is 9.18 Å². The van der Waals surface area contributed by atoms with Gasteiger partial charge in [0.15, 0.2) is 0 Å². The van der Waals surface area contributed by atoms with Crippen LogP contribution in [0, 0.1) is 0 Å². The molecule has 31 heavy (non-hydrogen) atoms. The van der Waals surface area contributed by atoms with Crippen molar-refractivity contribution in [1.82, 2.24) is 14.7 Å². The number of hydrogen-bond acceptors (Lipinski definition) is 4. The highest BCUT2D eigenvalue weighted by atomic mass is 19.1. The molecule has 1 saturated heterocycles. The summed E-state index contributed by atoms with van der Waals surface area (Å²) in [6, 6.07) is 10.1. The molecule has 170 valence electrons. The number of halogens is 1. The van der Waals surface area contributed by atoms with Crippen molar-refractivity contribution >= 4 is 6.09 Å². The number of amides is 1. The summed E-state index contributed by atoms with van der Waals surface area (Å²) >= 11 is 0. The number of likely N-dealkylation sites (tertiary alicyclic amines) is 1.